The number of likely N-dealkylation sites (tertiary alicyclic amines) is 1. The Morgan fingerprint density at radius 2 is 2.09 bits per heavy atom. The van der Waals surface area contributed by atoms with Crippen molar-refractivity contribution in [3.63, 3.8) is 0 Å². The number of carbonyl (C=O) groups is 1. The van der Waals surface area contributed by atoms with Crippen molar-refractivity contribution in [3.05, 3.63) is 28.8 Å². The maximum absolute atomic E-state index is 11.8. The Morgan fingerprint density at radius 3 is 2.68 bits per heavy atom. The van der Waals surface area contributed by atoms with Gasteiger partial charge in [-0.1, -0.05) is 36.1 Å². The lowest BCUT2D eigenvalue weighted by molar-refractivity contribution is -0.144. The van der Waals surface area contributed by atoms with E-state index in [0.29, 0.717) is 5.75 Å². The number of ether oxygens (including phenoxy) is 1. The van der Waals surface area contributed by atoms with Crippen LogP contribution in [-0.4, -0.2) is 40.0 Å². The summed E-state index contributed by atoms with van der Waals surface area (Å²) in [5, 5.41) is 9.81. The van der Waals surface area contributed by atoms with Crippen LogP contribution in [0, 0.1) is 13.8 Å². The van der Waals surface area contributed by atoms with Gasteiger partial charge in [-0.2, -0.15) is 0 Å². The van der Waals surface area contributed by atoms with Gasteiger partial charge in [-0.3, -0.25) is 0 Å². The summed E-state index contributed by atoms with van der Waals surface area (Å²) in [7, 11) is 1.41. The second-order valence-corrected chi connectivity index (χ2v) is 7.12. The molecule has 1 aliphatic heterocycles. The number of thiocarbonyl (C=S) groups is 1. The van der Waals surface area contributed by atoms with E-state index in [1.165, 1.54) is 7.11 Å². The van der Waals surface area contributed by atoms with E-state index in [0.717, 1.165) is 46.2 Å². The maximum Gasteiger partial charge on any atom is 0.328 e. The van der Waals surface area contributed by atoms with E-state index >= 15 is 0 Å². The monoisotopic (exact) mass is 339 g/mol. The minimum absolute atomic E-state index is 0.211. The van der Waals surface area contributed by atoms with Crippen LogP contribution in [0.4, 0.5) is 0 Å². The topological polar surface area (TPSA) is 49.8 Å². The van der Waals surface area contributed by atoms with Gasteiger partial charge >= 0.3 is 5.97 Å². The largest absolute Gasteiger partial charge is 0.507 e. The van der Waals surface area contributed by atoms with Crippen molar-refractivity contribution in [3.8, 4) is 5.75 Å². The Labute approximate surface area is 140 Å². The number of hydrogen-bond acceptors (Lipinski definition) is 5. The van der Waals surface area contributed by atoms with Crippen LogP contribution in [0.3, 0.4) is 0 Å². The van der Waals surface area contributed by atoms with Gasteiger partial charge in [0.1, 0.15) is 16.1 Å². The van der Waals surface area contributed by atoms with E-state index < -0.39 is 0 Å². The predicted molar refractivity (Wildman–Crippen MR) is 93.2 cm³/mol. The van der Waals surface area contributed by atoms with Gasteiger partial charge in [0, 0.05) is 12.3 Å². The molecule has 0 amide bonds. The smallest absolute Gasteiger partial charge is 0.328 e. The van der Waals surface area contributed by atoms with Gasteiger partial charge in [-0.05, 0) is 43.4 Å². The third-order valence-electron chi connectivity index (χ3n) is 3.87. The number of aromatic hydroxyl groups is 1. The highest BCUT2D eigenvalue weighted by Gasteiger charge is 2.33. The molecule has 0 bridgehead atoms. The third kappa shape index (κ3) is 3.73. The van der Waals surface area contributed by atoms with Crippen molar-refractivity contribution in [2.75, 3.05) is 13.7 Å². The number of benzene rings is 1. The molecule has 120 valence electrons. The molecule has 1 saturated heterocycles. The van der Waals surface area contributed by atoms with Crippen LogP contribution in [0.2, 0.25) is 0 Å². The van der Waals surface area contributed by atoms with E-state index in [9.17, 15) is 9.90 Å². The van der Waals surface area contributed by atoms with Crippen molar-refractivity contribution >= 4 is 34.3 Å². The molecule has 6 heteroatoms. The minimum atomic E-state index is -0.242. The van der Waals surface area contributed by atoms with Crippen molar-refractivity contribution in [1.29, 1.82) is 0 Å². The van der Waals surface area contributed by atoms with Gasteiger partial charge in [0.25, 0.3) is 0 Å². The fourth-order valence-corrected chi connectivity index (χ4v) is 3.96. The van der Waals surface area contributed by atoms with E-state index in [1.54, 1.807) is 11.8 Å². The molecule has 1 aliphatic rings. The fraction of sp³-hybridized carbons (Fsp3) is 0.500. The first-order valence-corrected chi connectivity index (χ1v) is 8.63. The molecule has 1 atom stereocenters. The summed E-state index contributed by atoms with van der Waals surface area (Å²) < 4.78 is 5.58. The second kappa shape index (κ2) is 7.33. The molecule has 0 aromatic heterocycles. The first-order chi connectivity index (χ1) is 10.4. The summed E-state index contributed by atoms with van der Waals surface area (Å²) in [6.45, 7) is 4.59. The molecule has 1 aromatic carbocycles. The van der Waals surface area contributed by atoms with Crippen molar-refractivity contribution in [2.24, 2.45) is 0 Å². The van der Waals surface area contributed by atoms with E-state index in [-0.39, 0.29) is 12.0 Å². The number of esters is 1. The minimum Gasteiger partial charge on any atom is -0.507 e. The lowest BCUT2D eigenvalue weighted by atomic mass is 10.1. The number of nitrogens with zero attached hydrogens (tertiary/aromatic N) is 1. The van der Waals surface area contributed by atoms with Gasteiger partial charge < -0.3 is 14.7 Å². The highest BCUT2D eigenvalue weighted by Crippen LogP contribution is 2.28. The molecule has 1 unspecified atom stereocenters. The van der Waals surface area contributed by atoms with Gasteiger partial charge in [0.2, 0.25) is 0 Å². The zero-order valence-electron chi connectivity index (χ0n) is 13.1. The van der Waals surface area contributed by atoms with Crippen LogP contribution in [0.5, 0.6) is 5.75 Å². The van der Waals surface area contributed by atoms with Crippen LogP contribution in [0.1, 0.15) is 29.5 Å². The molecule has 0 spiro atoms. The summed E-state index contributed by atoms with van der Waals surface area (Å²) in [4.78, 5) is 13.7. The maximum atomic E-state index is 11.8. The molecule has 2 rings (SSSR count). The highest BCUT2D eigenvalue weighted by atomic mass is 32.2. The van der Waals surface area contributed by atoms with Crippen LogP contribution < -0.4 is 0 Å². The molecule has 22 heavy (non-hydrogen) atoms. The SMILES string of the molecule is COC(=O)C1CCCN1C(=S)SCc1cc(C)c(O)c(C)c1. The van der Waals surface area contributed by atoms with Gasteiger partial charge in [-0.25, -0.2) is 4.79 Å². The van der Waals surface area contributed by atoms with Crippen LogP contribution in [0.15, 0.2) is 12.1 Å². The Morgan fingerprint density at radius 1 is 1.45 bits per heavy atom. The Balaban J connectivity index is 1.99. The Bertz CT molecular complexity index is 566. The van der Waals surface area contributed by atoms with E-state index in [2.05, 4.69) is 0 Å². The molecule has 0 radical (unpaired) electrons. The number of phenolic OH excluding ortho intramolecular Hbond substituents is 1. The fourth-order valence-electron chi connectivity index (χ4n) is 2.72. The van der Waals surface area contributed by atoms with Crippen molar-refractivity contribution in [1.82, 2.24) is 4.90 Å². The molecular formula is C16H21NO3S2. The molecule has 0 aliphatic carbocycles. The van der Waals surface area contributed by atoms with Gasteiger partial charge in [-0.15, -0.1) is 0 Å². The van der Waals surface area contributed by atoms with E-state index in [4.69, 9.17) is 17.0 Å². The van der Waals surface area contributed by atoms with Gasteiger partial charge in [0.15, 0.2) is 0 Å². The number of hydrogen-bond donors (Lipinski definition) is 1. The van der Waals surface area contributed by atoms with Crippen molar-refractivity contribution < 1.29 is 14.6 Å². The van der Waals surface area contributed by atoms with Crippen LogP contribution in [0.25, 0.3) is 0 Å². The summed E-state index contributed by atoms with van der Waals surface area (Å²) in [6, 6.07) is 3.70. The number of aryl methyl sites for hydroxylation is 2. The third-order valence-corrected chi connectivity index (χ3v) is 5.42. The van der Waals surface area contributed by atoms with Crippen LogP contribution >= 0.6 is 24.0 Å². The zero-order valence-corrected chi connectivity index (χ0v) is 14.7. The molecule has 1 fully saturated rings. The Hall–Kier alpha value is -1.27. The number of rotatable bonds is 3. The molecular weight excluding hydrogens is 318 g/mol. The Kier molecular flexibility index (Phi) is 5.69. The predicted octanol–water partition coefficient (Wildman–Crippen LogP) is 3.16. The van der Waals surface area contributed by atoms with Gasteiger partial charge in [0.05, 0.1) is 7.11 Å². The number of thioether (sulfide) groups is 1. The molecule has 1 N–H and O–H groups in total. The number of phenols is 1. The summed E-state index contributed by atoms with van der Waals surface area (Å²) in [6.07, 6.45) is 1.75. The average Bonchev–Trinajstić information content (AvgIpc) is 2.98. The number of carbonyl (C=O) groups excluding carboxylic acids is 1. The number of methoxy groups -OCH3 is 1. The normalized spacial score (nSPS) is 17.6. The van der Waals surface area contributed by atoms with Crippen molar-refractivity contribution in [2.45, 2.75) is 38.5 Å². The summed E-state index contributed by atoms with van der Waals surface area (Å²) in [5.74, 6) is 0.865. The van der Waals surface area contributed by atoms with Crippen LogP contribution in [-0.2, 0) is 15.3 Å². The lowest BCUT2D eigenvalue weighted by Crippen LogP contribution is -2.39. The van der Waals surface area contributed by atoms with E-state index in [1.807, 2.05) is 30.9 Å². The summed E-state index contributed by atoms with van der Waals surface area (Å²) in [5.41, 5.74) is 2.86. The molecule has 1 aromatic rings. The standard InChI is InChI=1S/C16H21NO3S2/c1-10-7-12(8-11(2)14(10)18)9-22-16(21)17-6-4-5-13(17)15(19)20-3/h7-8,13,18H,4-6,9H2,1-3H3. The average molecular weight is 339 g/mol. The lowest BCUT2D eigenvalue weighted by Gasteiger charge is -2.24. The highest BCUT2D eigenvalue weighted by molar-refractivity contribution is 8.22. The molecule has 4 nitrogen and oxygen atoms in total. The summed E-state index contributed by atoms with van der Waals surface area (Å²) >= 11 is 7.03. The zero-order chi connectivity index (χ0) is 16.3. The molecule has 0 saturated carbocycles. The first kappa shape index (κ1) is 17.1. The quantitative estimate of drug-likeness (QED) is 0.674. The first-order valence-electron chi connectivity index (χ1n) is 7.24. The second-order valence-electron chi connectivity index (χ2n) is 5.51. The molecule has 1 heterocycles.